The number of imidazole rings is 1. The van der Waals surface area contributed by atoms with Crippen molar-refractivity contribution < 1.29 is 4.39 Å². The SMILES string of the molecule is Fc1ccc2nc([C@H]3CCCCN3)[nH]c2c1. The van der Waals surface area contributed by atoms with Crippen LogP contribution in [0.5, 0.6) is 0 Å². The fourth-order valence-electron chi connectivity index (χ4n) is 2.25. The lowest BCUT2D eigenvalue weighted by Crippen LogP contribution is -2.27. The van der Waals surface area contributed by atoms with E-state index in [4.69, 9.17) is 0 Å². The predicted molar refractivity (Wildman–Crippen MR) is 60.6 cm³/mol. The van der Waals surface area contributed by atoms with E-state index in [1.165, 1.54) is 25.0 Å². The normalized spacial score (nSPS) is 21.4. The van der Waals surface area contributed by atoms with Crippen molar-refractivity contribution in [2.45, 2.75) is 25.3 Å². The van der Waals surface area contributed by atoms with Crippen molar-refractivity contribution in [2.75, 3.05) is 6.54 Å². The highest BCUT2D eigenvalue weighted by molar-refractivity contribution is 5.75. The molecule has 0 unspecified atom stereocenters. The molecule has 1 aliphatic heterocycles. The minimum Gasteiger partial charge on any atom is -0.341 e. The molecule has 0 bridgehead atoms. The van der Waals surface area contributed by atoms with Crippen LogP contribution in [0, 0.1) is 5.82 Å². The first-order valence-electron chi connectivity index (χ1n) is 5.71. The van der Waals surface area contributed by atoms with Gasteiger partial charge in [-0.15, -0.1) is 0 Å². The molecule has 1 saturated heterocycles. The van der Waals surface area contributed by atoms with Crippen LogP contribution in [0.4, 0.5) is 4.39 Å². The van der Waals surface area contributed by atoms with Crippen LogP contribution >= 0.6 is 0 Å². The van der Waals surface area contributed by atoms with Crippen molar-refractivity contribution in [3.8, 4) is 0 Å². The average Bonchev–Trinajstić information content (AvgIpc) is 2.73. The number of rotatable bonds is 1. The standard InChI is InChI=1S/C12H14FN3/c13-8-4-5-9-11(7-8)16-12(15-9)10-3-1-2-6-14-10/h4-5,7,10,14H,1-3,6H2,(H,15,16)/t10-/m1/s1. The van der Waals surface area contributed by atoms with Crippen molar-refractivity contribution >= 4 is 11.0 Å². The van der Waals surface area contributed by atoms with Crippen molar-refractivity contribution in [1.29, 1.82) is 0 Å². The summed E-state index contributed by atoms with van der Waals surface area (Å²) < 4.78 is 13.0. The van der Waals surface area contributed by atoms with Crippen LogP contribution in [0.15, 0.2) is 18.2 Å². The van der Waals surface area contributed by atoms with Crippen LogP contribution in [-0.2, 0) is 0 Å². The summed E-state index contributed by atoms with van der Waals surface area (Å²) in [6.07, 6.45) is 3.55. The summed E-state index contributed by atoms with van der Waals surface area (Å²) >= 11 is 0. The van der Waals surface area contributed by atoms with E-state index in [0.29, 0.717) is 6.04 Å². The van der Waals surface area contributed by atoms with Crippen LogP contribution in [0.2, 0.25) is 0 Å². The number of halogens is 1. The van der Waals surface area contributed by atoms with Crippen LogP contribution < -0.4 is 5.32 Å². The first-order valence-corrected chi connectivity index (χ1v) is 5.71. The summed E-state index contributed by atoms with van der Waals surface area (Å²) in [6.45, 7) is 1.04. The minimum absolute atomic E-state index is 0.223. The molecule has 2 N–H and O–H groups in total. The monoisotopic (exact) mass is 219 g/mol. The second-order valence-electron chi connectivity index (χ2n) is 4.29. The van der Waals surface area contributed by atoms with Crippen molar-refractivity contribution in [1.82, 2.24) is 15.3 Å². The van der Waals surface area contributed by atoms with E-state index in [9.17, 15) is 4.39 Å². The number of aromatic nitrogens is 2. The Labute approximate surface area is 93.1 Å². The third-order valence-electron chi connectivity index (χ3n) is 3.10. The topological polar surface area (TPSA) is 40.7 Å². The second-order valence-corrected chi connectivity index (χ2v) is 4.29. The smallest absolute Gasteiger partial charge is 0.125 e. The maximum atomic E-state index is 13.0. The zero-order valence-electron chi connectivity index (χ0n) is 8.96. The first-order chi connectivity index (χ1) is 7.83. The maximum absolute atomic E-state index is 13.0. The molecule has 1 aromatic heterocycles. The number of piperidine rings is 1. The molecule has 2 heterocycles. The van der Waals surface area contributed by atoms with Crippen LogP contribution in [0.3, 0.4) is 0 Å². The van der Waals surface area contributed by atoms with Gasteiger partial charge in [-0.1, -0.05) is 6.42 Å². The summed E-state index contributed by atoms with van der Waals surface area (Å²) in [5.74, 6) is 0.708. The number of aromatic amines is 1. The van der Waals surface area contributed by atoms with Gasteiger partial charge in [0.05, 0.1) is 17.1 Å². The molecule has 2 aromatic rings. The van der Waals surface area contributed by atoms with Gasteiger partial charge in [-0.2, -0.15) is 0 Å². The fraction of sp³-hybridized carbons (Fsp3) is 0.417. The molecule has 0 saturated carbocycles. The Hall–Kier alpha value is -1.42. The summed E-state index contributed by atoms with van der Waals surface area (Å²) in [6, 6.07) is 4.95. The van der Waals surface area contributed by atoms with Gasteiger partial charge in [-0.05, 0) is 37.6 Å². The zero-order chi connectivity index (χ0) is 11.0. The molecule has 0 spiro atoms. The van der Waals surface area contributed by atoms with Crippen molar-refractivity contribution in [3.63, 3.8) is 0 Å². The van der Waals surface area contributed by atoms with E-state index in [1.807, 2.05) is 0 Å². The van der Waals surface area contributed by atoms with Gasteiger partial charge >= 0.3 is 0 Å². The quantitative estimate of drug-likeness (QED) is 0.773. The summed E-state index contributed by atoms with van der Waals surface area (Å²) in [7, 11) is 0. The highest BCUT2D eigenvalue weighted by Crippen LogP contribution is 2.23. The third-order valence-corrected chi connectivity index (χ3v) is 3.10. The number of fused-ring (bicyclic) bond motifs is 1. The Kier molecular flexibility index (Phi) is 2.36. The lowest BCUT2D eigenvalue weighted by molar-refractivity contribution is 0.400. The van der Waals surface area contributed by atoms with E-state index in [0.717, 1.165) is 29.8 Å². The molecule has 1 fully saturated rings. The molecule has 1 atom stereocenters. The Morgan fingerprint density at radius 1 is 1.31 bits per heavy atom. The molecule has 0 aliphatic carbocycles. The summed E-state index contributed by atoms with van der Waals surface area (Å²) in [5, 5.41) is 3.42. The zero-order valence-corrected chi connectivity index (χ0v) is 8.96. The minimum atomic E-state index is -0.223. The Bertz CT molecular complexity index is 500. The van der Waals surface area contributed by atoms with E-state index >= 15 is 0 Å². The third kappa shape index (κ3) is 1.69. The van der Waals surface area contributed by atoms with Gasteiger partial charge in [0.2, 0.25) is 0 Å². The van der Waals surface area contributed by atoms with Gasteiger partial charge in [0.1, 0.15) is 11.6 Å². The van der Waals surface area contributed by atoms with E-state index < -0.39 is 0 Å². The van der Waals surface area contributed by atoms with Gasteiger partial charge in [-0.25, -0.2) is 9.37 Å². The maximum Gasteiger partial charge on any atom is 0.125 e. The van der Waals surface area contributed by atoms with E-state index in [1.54, 1.807) is 6.07 Å². The number of H-pyrrole nitrogens is 1. The molecule has 0 amide bonds. The van der Waals surface area contributed by atoms with Gasteiger partial charge in [-0.3, -0.25) is 0 Å². The number of nitrogens with zero attached hydrogens (tertiary/aromatic N) is 1. The molecule has 3 rings (SSSR count). The predicted octanol–water partition coefficient (Wildman–Crippen LogP) is 2.52. The molecule has 16 heavy (non-hydrogen) atoms. The van der Waals surface area contributed by atoms with Gasteiger partial charge in [0.25, 0.3) is 0 Å². The number of hydrogen-bond acceptors (Lipinski definition) is 2. The van der Waals surface area contributed by atoms with Gasteiger partial charge in [0, 0.05) is 0 Å². The average molecular weight is 219 g/mol. The van der Waals surface area contributed by atoms with Crippen molar-refractivity contribution in [2.24, 2.45) is 0 Å². The lowest BCUT2D eigenvalue weighted by Gasteiger charge is -2.21. The highest BCUT2D eigenvalue weighted by Gasteiger charge is 2.17. The molecular weight excluding hydrogens is 205 g/mol. The molecule has 3 nitrogen and oxygen atoms in total. The highest BCUT2D eigenvalue weighted by atomic mass is 19.1. The number of nitrogens with one attached hydrogen (secondary N) is 2. The van der Waals surface area contributed by atoms with Crippen LogP contribution in [0.25, 0.3) is 11.0 Å². The molecular formula is C12H14FN3. The van der Waals surface area contributed by atoms with Crippen LogP contribution in [-0.4, -0.2) is 16.5 Å². The number of hydrogen-bond donors (Lipinski definition) is 2. The fourth-order valence-corrected chi connectivity index (χ4v) is 2.25. The summed E-state index contributed by atoms with van der Waals surface area (Å²) in [4.78, 5) is 7.69. The van der Waals surface area contributed by atoms with Gasteiger partial charge < -0.3 is 10.3 Å². The summed E-state index contributed by atoms with van der Waals surface area (Å²) in [5.41, 5.74) is 1.62. The molecule has 0 radical (unpaired) electrons. The Morgan fingerprint density at radius 3 is 3.06 bits per heavy atom. The van der Waals surface area contributed by atoms with Gasteiger partial charge in [0.15, 0.2) is 0 Å². The lowest BCUT2D eigenvalue weighted by atomic mass is 10.0. The van der Waals surface area contributed by atoms with E-state index in [2.05, 4.69) is 15.3 Å². The second kappa shape index (κ2) is 3.87. The molecule has 84 valence electrons. The molecule has 1 aromatic carbocycles. The van der Waals surface area contributed by atoms with E-state index in [-0.39, 0.29) is 5.82 Å². The van der Waals surface area contributed by atoms with Crippen molar-refractivity contribution in [3.05, 3.63) is 29.8 Å². The Morgan fingerprint density at radius 2 is 2.25 bits per heavy atom. The Balaban J connectivity index is 1.97. The number of benzene rings is 1. The van der Waals surface area contributed by atoms with Crippen LogP contribution in [0.1, 0.15) is 31.1 Å². The largest absolute Gasteiger partial charge is 0.341 e. The molecule has 1 aliphatic rings. The first kappa shape index (κ1) is 9.78. The molecule has 4 heteroatoms.